The van der Waals surface area contributed by atoms with Crippen LogP contribution in [0, 0.1) is 11.8 Å². The number of likely N-dealkylation sites (tertiary alicyclic amines) is 1. The molecular weight excluding hydrogens is 421 g/mol. The topological polar surface area (TPSA) is 64.7 Å². The lowest BCUT2D eigenvalue weighted by Gasteiger charge is -2.45. The summed E-state index contributed by atoms with van der Waals surface area (Å²) in [7, 11) is 0. The number of urea groups is 1. The zero-order valence-electron chi connectivity index (χ0n) is 19.1. The highest BCUT2D eigenvalue weighted by atomic mass is 19.4. The molecule has 2 unspecified atom stereocenters. The maximum atomic E-state index is 13.1. The number of alkyl halides is 3. The lowest BCUT2D eigenvalue weighted by atomic mass is 9.94. The van der Waals surface area contributed by atoms with Crippen LogP contribution in [0.3, 0.4) is 0 Å². The highest BCUT2D eigenvalue weighted by Gasteiger charge is 2.52. The Balaban J connectivity index is 1.65. The van der Waals surface area contributed by atoms with Crippen molar-refractivity contribution in [3.05, 3.63) is 29.8 Å². The molecule has 1 spiro atoms. The summed E-state index contributed by atoms with van der Waals surface area (Å²) >= 11 is 0. The summed E-state index contributed by atoms with van der Waals surface area (Å²) in [6.45, 7) is 9.90. The zero-order valence-corrected chi connectivity index (χ0v) is 19.1. The molecule has 3 amide bonds. The largest absolute Gasteiger partial charge is 0.416 e. The van der Waals surface area contributed by atoms with Crippen molar-refractivity contribution in [1.29, 1.82) is 0 Å². The van der Waals surface area contributed by atoms with Crippen LogP contribution in [-0.4, -0.2) is 53.1 Å². The Morgan fingerprint density at radius 3 is 2.28 bits per heavy atom. The van der Waals surface area contributed by atoms with Crippen molar-refractivity contribution in [2.24, 2.45) is 11.8 Å². The van der Waals surface area contributed by atoms with E-state index in [1.165, 1.54) is 12.1 Å². The Morgan fingerprint density at radius 2 is 1.78 bits per heavy atom. The quantitative estimate of drug-likeness (QED) is 0.687. The minimum atomic E-state index is -4.41. The van der Waals surface area contributed by atoms with Gasteiger partial charge in [-0.15, -0.1) is 0 Å². The third-order valence-corrected chi connectivity index (χ3v) is 6.67. The minimum Gasteiger partial charge on any atom is -0.324 e. The van der Waals surface area contributed by atoms with Gasteiger partial charge < -0.3 is 15.1 Å². The summed E-state index contributed by atoms with van der Waals surface area (Å²) < 4.78 is 38.2. The van der Waals surface area contributed by atoms with Crippen LogP contribution >= 0.6 is 0 Å². The lowest BCUT2D eigenvalue weighted by molar-refractivity contribution is -0.137. The van der Waals surface area contributed by atoms with Gasteiger partial charge in [-0.25, -0.2) is 4.79 Å². The van der Waals surface area contributed by atoms with Gasteiger partial charge in [0.1, 0.15) is 0 Å². The average Bonchev–Trinajstić information content (AvgIpc) is 3.00. The van der Waals surface area contributed by atoms with Crippen molar-refractivity contribution in [3.63, 3.8) is 0 Å². The van der Waals surface area contributed by atoms with Gasteiger partial charge in [-0.05, 0) is 36.1 Å². The van der Waals surface area contributed by atoms with E-state index in [0.717, 1.165) is 18.6 Å². The molecule has 2 fully saturated rings. The van der Waals surface area contributed by atoms with E-state index in [-0.39, 0.29) is 23.9 Å². The van der Waals surface area contributed by atoms with Gasteiger partial charge in [0.05, 0.1) is 17.3 Å². The van der Waals surface area contributed by atoms with E-state index in [9.17, 15) is 22.8 Å². The molecule has 32 heavy (non-hydrogen) atoms. The number of nitrogens with zero attached hydrogens (tertiary/aromatic N) is 2. The number of nitrogens with one attached hydrogen (secondary N) is 2. The van der Waals surface area contributed by atoms with Crippen LogP contribution in [0.5, 0.6) is 0 Å². The Bertz CT molecular complexity index is 818. The van der Waals surface area contributed by atoms with Gasteiger partial charge in [-0.3, -0.25) is 10.1 Å². The van der Waals surface area contributed by atoms with Crippen molar-refractivity contribution >= 4 is 17.6 Å². The number of rotatable bonds is 5. The molecule has 1 aromatic rings. The smallest absolute Gasteiger partial charge is 0.324 e. The zero-order chi connectivity index (χ0) is 23.7. The van der Waals surface area contributed by atoms with E-state index in [4.69, 9.17) is 0 Å². The number of carbonyl (C=O) groups excluding carboxylic acids is 2. The third-order valence-electron chi connectivity index (χ3n) is 6.67. The van der Waals surface area contributed by atoms with Crippen LogP contribution in [0.4, 0.5) is 23.7 Å². The SMILES string of the molecule is CCC(C)CN1C(=O)C(C(C)C)NC12CCN(C(=O)Nc1ccc(C(F)(F)F)cc1)CC2. The maximum absolute atomic E-state index is 13.1. The van der Waals surface area contributed by atoms with Gasteiger partial charge in [0, 0.05) is 38.2 Å². The first-order valence-electron chi connectivity index (χ1n) is 11.3. The van der Waals surface area contributed by atoms with Crippen LogP contribution in [0.1, 0.15) is 52.5 Å². The molecule has 1 aromatic carbocycles. The van der Waals surface area contributed by atoms with Crippen molar-refractivity contribution in [2.45, 2.75) is 64.8 Å². The fraction of sp³-hybridized carbons (Fsp3) is 0.652. The molecule has 2 aliphatic rings. The summed E-state index contributed by atoms with van der Waals surface area (Å²) in [6, 6.07) is 3.83. The number of benzene rings is 1. The Hall–Kier alpha value is -2.29. The second kappa shape index (κ2) is 9.29. The van der Waals surface area contributed by atoms with E-state index in [2.05, 4.69) is 24.5 Å². The van der Waals surface area contributed by atoms with Crippen LogP contribution in [0.2, 0.25) is 0 Å². The summed E-state index contributed by atoms with van der Waals surface area (Å²) in [6.07, 6.45) is -2.21. The molecule has 2 N–H and O–H groups in total. The summed E-state index contributed by atoms with van der Waals surface area (Å²) in [4.78, 5) is 29.4. The predicted molar refractivity (Wildman–Crippen MR) is 117 cm³/mol. The van der Waals surface area contributed by atoms with Crippen LogP contribution in [0.25, 0.3) is 0 Å². The highest BCUT2D eigenvalue weighted by molar-refractivity contribution is 5.89. The van der Waals surface area contributed by atoms with Gasteiger partial charge >= 0.3 is 12.2 Å². The standard InChI is InChI=1S/C23H33F3N4O2/c1-5-16(4)14-30-20(31)19(15(2)3)28-22(30)10-12-29(13-11-22)21(32)27-18-8-6-17(7-9-18)23(24,25)26/h6-9,15-16,19,28H,5,10-14H2,1-4H3,(H,27,32). The molecule has 0 bridgehead atoms. The molecule has 6 nitrogen and oxygen atoms in total. The van der Waals surface area contributed by atoms with Gasteiger partial charge in [0.2, 0.25) is 5.91 Å². The first-order valence-corrected chi connectivity index (χ1v) is 11.3. The second-order valence-electron chi connectivity index (χ2n) is 9.35. The summed E-state index contributed by atoms with van der Waals surface area (Å²) in [5.41, 5.74) is -0.898. The number of piperidine rings is 1. The average molecular weight is 455 g/mol. The van der Waals surface area contributed by atoms with Crippen molar-refractivity contribution < 1.29 is 22.8 Å². The molecule has 0 aliphatic carbocycles. The molecule has 0 saturated carbocycles. The molecule has 178 valence electrons. The molecule has 0 radical (unpaired) electrons. The summed E-state index contributed by atoms with van der Waals surface area (Å²) in [5, 5.41) is 6.25. The monoisotopic (exact) mass is 454 g/mol. The highest BCUT2D eigenvalue weighted by Crippen LogP contribution is 2.35. The first kappa shape index (κ1) is 24.4. The van der Waals surface area contributed by atoms with E-state index in [0.29, 0.717) is 44.1 Å². The summed E-state index contributed by atoms with van der Waals surface area (Å²) in [5.74, 6) is 0.676. The van der Waals surface area contributed by atoms with Crippen LogP contribution in [-0.2, 0) is 11.0 Å². The molecule has 2 atom stereocenters. The molecule has 0 aromatic heterocycles. The van der Waals surface area contributed by atoms with Crippen LogP contribution in [0.15, 0.2) is 24.3 Å². The molecule has 2 aliphatic heterocycles. The molecule has 9 heteroatoms. The Morgan fingerprint density at radius 1 is 1.19 bits per heavy atom. The van der Waals surface area contributed by atoms with Crippen molar-refractivity contribution in [2.75, 3.05) is 25.0 Å². The van der Waals surface area contributed by atoms with Gasteiger partial charge in [0.15, 0.2) is 0 Å². The molecule has 2 saturated heterocycles. The molecule has 3 rings (SSSR count). The number of hydrogen-bond donors (Lipinski definition) is 2. The van der Waals surface area contributed by atoms with Crippen molar-refractivity contribution in [1.82, 2.24) is 15.1 Å². The number of carbonyl (C=O) groups is 2. The van der Waals surface area contributed by atoms with Gasteiger partial charge in [0.25, 0.3) is 0 Å². The first-order chi connectivity index (χ1) is 15.0. The van der Waals surface area contributed by atoms with E-state index in [1.807, 2.05) is 18.7 Å². The van der Waals surface area contributed by atoms with Crippen LogP contribution < -0.4 is 10.6 Å². The van der Waals surface area contributed by atoms with E-state index in [1.54, 1.807) is 4.90 Å². The predicted octanol–water partition coefficient (Wildman–Crippen LogP) is 4.53. The van der Waals surface area contributed by atoms with E-state index < -0.39 is 17.4 Å². The fourth-order valence-electron chi connectivity index (χ4n) is 4.40. The molecule has 2 heterocycles. The Kier molecular flexibility index (Phi) is 7.07. The Labute approximate surface area is 187 Å². The van der Waals surface area contributed by atoms with Gasteiger partial charge in [-0.2, -0.15) is 13.2 Å². The van der Waals surface area contributed by atoms with E-state index >= 15 is 0 Å². The number of anilines is 1. The molecular formula is C23H33F3N4O2. The van der Waals surface area contributed by atoms with Gasteiger partial charge in [-0.1, -0.05) is 34.1 Å². The number of halogens is 3. The fourth-order valence-corrected chi connectivity index (χ4v) is 4.40. The lowest BCUT2D eigenvalue weighted by Crippen LogP contribution is -2.60. The second-order valence-corrected chi connectivity index (χ2v) is 9.35. The third kappa shape index (κ3) is 5.03. The minimum absolute atomic E-state index is 0.128. The normalized spacial score (nSPS) is 22.0. The maximum Gasteiger partial charge on any atom is 0.416 e. The number of hydrogen-bond acceptors (Lipinski definition) is 3. The number of amides is 3. The van der Waals surface area contributed by atoms with Crippen molar-refractivity contribution in [3.8, 4) is 0 Å².